The number of benzene rings is 3. The summed E-state index contributed by atoms with van der Waals surface area (Å²) in [5.74, 6) is -0.518. The first-order chi connectivity index (χ1) is 18.8. The Hall–Kier alpha value is -3.44. The number of methoxy groups -OCH3 is 1. The Balaban J connectivity index is 1.65. The highest BCUT2D eigenvalue weighted by molar-refractivity contribution is 7.93. The molecule has 214 valence electrons. The van der Waals surface area contributed by atoms with E-state index in [1.165, 1.54) is 30.2 Å². The van der Waals surface area contributed by atoms with Gasteiger partial charge in [-0.3, -0.25) is 9.10 Å². The van der Waals surface area contributed by atoms with E-state index in [9.17, 15) is 26.4 Å². The number of halogens is 4. The van der Waals surface area contributed by atoms with E-state index in [4.69, 9.17) is 16.3 Å². The van der Waals surface area contributed by atoms with Crippen molar-refractivity contribution >= 4 is 38.9 Å². The van der Waals surface area contributed by atoms with Crippen molar-refractivity contribution in [3.63, 3.8) is 0 Å². The first-order valence-electron chi connectivity index (χ1n) is 12.4. The topological polar surface area (TPSA) is 70.2 Å². The maximum Gasteiger partial charge on any atom is 0.416 e. The molecule has 0 aromatic heterocycles. The molecule has 1 heterocycles. The zero-order chi connectivity index (χ0) is 29.2. The molecule has 0 radical (unpaired) electrons. The lowest BCUT2D eigenvalue weighted by Crippen LogP contribution is -2.52. The Labute approximate surface area is 236 Å². The summed E-state index contributed by atoms with van der Waals surface area (Å²) in [6.07, 6.45) is -4.70. The predicted octanol–water partition coefficient (Wildman–Crippen LogP) is 5.53. The first kappa shape index (κ1) is 29.5. The van der Waals surface area contributed by atoms with Crippen molar-refractivity contribution in [2.24, 2.45) is 0 Å². The highest BCUT2D eigenvalue weighted by atomic mass is 35.5. The fourth-order valence-corrected chi connectivity index (χ4v) is 6.42. The van der Waals surface area contributed by atoms with Crippen molar-refractivity contribution in [1.82, 2.24) is 4.90 Å². The summed E-state index contributed by atoms with van der Waals surface area (Å²) >= 11 is 6.16. The van der Waals surface area contributed by atoms with Crippen LogP contribution in [0.1, 0.15) is 16.7 Å². The number of ether oxygens (including phenoxy) is 1. The summed E-state index contributed by atoms with van der Waals surface area (Å²) < 4.78 is 74.4. The van der Waals surface area contributed by atoms with E-state index < -0.39 is 34.2 Å². The number of nitrogens with zero attached hydrogens (tertiary/aromatic N) is 3. The van der Waals surface area contributed by atoms with Gasteiger partial charge in [-0.15, -0.1) is 0 Å². The number of hydrogen-bond donors (Lipinski definition) is 0. The number of carbonyl (C=O) groups excluding carboxylic acids is 1. The molecular formula is C28H29ClF3N3O4S. The van der Waals surface area contributed by atoms with Crippen LogP contribution < -0.4 is 13.9 Å². The number of hydrogen-bond acceptors (Lipinski definition) is 5. The maximum absolute atomic E-state index is 13.9. The summed E-state index contributed by atoms with van der Waals surface area (Å²) in [5.41, 5.74) is 1.26. The number of alkyl halides is 3. The molecule has 0 aliphatic carbocycles. The normalized spacial score (nSPS) is 14.3. The lowest BCUT2D eigenvalue weighted by Gasteiger charge is -2.37. The van der Waals surface area contributed by atoms with Gasteiger partial charge in [0.05, 0.1) is 18.4 Å². The fraction of sp³-hybridized carbons (Fsp3) is 0.321. The molecule has 0 N–H and O–H groups in total. The molecule has 0 spiro atoms. The van der Waals surface area contributed by atoms with Gasteiger partial charge in [0.25, 0.3) is 10.0 Å². The van der Waals surface area contributed by atoms with E-state index in [-0.39, 0.29) is 16.3 Å². The Morgan fingerprint density at radius 3 is 2.35 bits per heavy atom. The molecular weight excluding hydrogens is 567 g/mol. The average Bonchev–Trinajstić information content (AvgIpc) is 2.92. The average molecular weight is 596 g/mol. The summed E-state index contributed by atoms with van der Waals surface area (Å²) in [6, 6.07) is 14.0. The minimum atomic E-state index is -4.70. The lowest BCUT2D eigenvalue weighted by molar-refractivity contribution is -0.137. The minimum Gasteiger partial charge on any atom is -0.495 e. The summed E-state index contributed by atoms with van der Waals surface area (Å²) in [6.45, 7) is 4.52. The smallest absolute Gasteiger partial charge is 0.416 e. The number of anilines is 2. The SMILES string of the molecule is COc1ccc(C)cc1S(=O)(=O)N(CC(=O)N1CCN(c2cc(Cl)ccc2C)CC1)c1cccc(C(F)(F)F)c1. The molecule has 3 aromatic rings. The predicted molar refractivity (Wildman–Crippen MR) is 149 cm³/mol. The molecule has 1 saturated heterocycles. The standard InChI is InChI=1S/C28H29ClF3N3O4S/c1-19-7-10-25(39-3)26(15-19)40(37,38)35(23-6-4-5-21(16-23)28(30,31)32)18-27(36)34-13-11-33(12-14-34)24-17-22(29)9-8-20(24)2/h4-10,15-17H,11-14,18H2,1-3H3. The molecule has 12 heteroatoms. The van der Waals surface area contributed by atoms with Gasteiger partial charge in [0, 0.05) is 36.9 Å². The Morgan fingerprint density at radius 1 is 1.00 bits per heavy atom. The van der Waals surface area contributed by atoms with Crippen LogP contribution in [-0.2, 0) is 21.0 Å². The third-order valence-corrected chi connectivity index (χ3v) is 8.80. The maximum atomic E-state index is 13.9. The van der Waals surface area contributed by atoms with Crippen molar-refractivity contribution in [1.29, 1.82) is 0 Å². The fourth-order valence-electron chi connectivity index (χ4n) is 4.60. The van der Waals surface area contributed by atoms with Gasteiger partial charge in [0.2, 0.25) is 5.91 Å². The van der Waals surface area contributed by atoms with Crippen molar-refractivity contribution in [3.05, 3.63) is 82.4 Å². The van der Waals surface area contributed by atoms with Gasteiger partial charge < -0.3 is 14.5 Å². The van der Waals surface area contributed by atoms with Crippen molar-refractivity contribution in [2.45, 2.75) is 24.9 Å². The summed E-state index contributed by atoms with van der Waals surface area (Å²) in [4.78, 5) is 16.8. The van der Waals surface area contributed by atoms with Gasteiger partial charge in [0.15, 0.2) is 0 Å². The van der Waals surface area contributed by atoms with Crippen LogP contribution in [0.25, 0.3) is 0 Å². The van der Waals surface area contributed by atoms with Crippen LogP contribution in [-0.4, -0.2) is 59.1 Å². The van der Waals surface area contributed by atoms with E-state index in [1.54, 1.807) is 19.1 Å². The molecule has 3 aromatic carbocycles. The molecule has 1 aliphatic heterocycles. The Morgan fingerprint density at radius 2 is 1.70 bits per heavy atom. The highest BCUT2D eigenvalue weighted by Gasteiger charge is 2.35. The number of rotatable bonds is 7. The quantitative estimate of drug-likeness (QED) is 0.359. The van der Waals surface area contributed by atoms with Gasteiger partial charge in [-0.2, -0.15) is 13.2 Å². The minimum absolute atomic E-state index is 0.0144. The Bertz CT molecular complexity index is 1510. The van der Waals surface area contributed by atoms with Gasteiger partial charge in [-0.25, -0.2) is 8.42 Å². The molecule has 0 unspecified atom stereocenters. The molecule has 0 bridgehead atoms. The van der Waals surface area contributed by atoms with Crippen molar-refractivity contribution in [2.75, 3.05) is 49.0 Å². The van der Waals surface area contributed by atoms with Crippen molar-refractivity contribution in [3.8, 4) is 5.75 Å². The van der Waals surface area contributed by atoms with Crippen LogP contribution in [0, 0.1) is 13.8 Å². The lowest BCUT2D eigenvalue weighted by atomic mass is 10.1. The van der Waals surface area contributed by atoms with Crippen LogP contribution in [0.2, 0.25) is 5.02 Å². The molecule has 0 atom stereocenters. The van der Waals surface area contributed by atoms with Crippen LogP contribution in [0.3, 0.4) is 0 Å². The molecule has 1 aliphatic rings. The van der Waals surface area contributed by atoms with Crippen LogP contribution in [0.4, 0.5) is 24.5 Å². The van der Waals surface area contributed by atoms with Gasteiger partial charge >= 0.3 is 6.18 Å². The van der Waals surface area contributed by atoms with Crippen LogP contribution >= 0.6 is 11.6 Å². The summed E-state index contributed by atoms with van der Waals surface area (Å²) in [7, 11) is -3.21. The van der Waals surface area contributed by atoms with E-state index in [0.717, 1.165) is 33.8 Å². The highest BCUT2D eigenvalue weighted by Crippen LogP contribution is 2.35. The Kier molecular flexibility index (Phi) is 8.55. The third-order valence-electron chi connectivity index (χ3n) is 6.77. The third kappa shape index (κ3) is 6.31. The molecule has 7 nitrogen and oxygen atoms in total. The second-order valence-corrected chi connectivity index (χ2v) is 11.8. The van der Waals surface area contributed by atoms with Gasteiger partial charge in [-0.1, -0.05) is 29.8 Å². The second kappa shape index (κ2) is 11.6. The van der Waals surface area contributed by atoms with E-state index in [1.807, 2.05) is 19.1 Å². The van der Waals surface area contributed by atoms with Crippen molar-refractivity contribution < 1.29 is 31.1 Å². The van der Waals surface area contributed by atoms with Gasteiger partial charge in [0.1, 0.15) is 17.2 Å². The van der Waals surface area contributed by atoms with E-state index in [0.29, 0.717) is 36.8 Å². The zero-order valence-electron chi connectivity index (χ0n) is 22.2. The number of sulfonamides is 1. The first-order valence-corrected chi connectivity index (χ1v) is 14.3. The zero-order valence-corrected chi connectivity index (χ0v) is 23.8. The number of carbonyl (C=O) groups is 1. The number of amides is 1. The van der Waals surface area contributed by atoms with E-state index in [2.05, 4.69) is 4.90 Å². The molecule has 4 rings (SSSR count). The van der Waals surface area contributed by atoms with Crippen LogP contribution in [0.5, 0.6) is 5.75 Å². The van der Waals surface area contributed by atoms with Gasteiger partial charge in [-0.05, 0) is 67.4 Å². The van der Waals surface area contributed by atoms with E-state index >= 15 is 0 Å². The monoisotopic (exact) mass is 595 g/mol. The molecule has 1 fully saturated rings. The van der Waals surface area contributed by atoms with Crippen LogP contribution in [0.15, 0.2) is 65.6 Å². The largest absolute Gasteiger partial charge is 0.495 e. The molecule has 40 heavy (non-hydrogen) atoms. The summed E-state index contributed by atoms with van der Waals surface area (Å²) in [5, 5.41) is 0.590. The number of aryl methyl sites for hydroxylation is 2. The molecule has 0 saturated carbocycles. The number of piperazine rings is 1. The second-order valence-electron chi connectivity index (χ2n) is 9.51. The molecule has 1 amide bonds.